The molecule has 3 nitrogen and oxygen atoms in total. The third-order valence-corrected chi connectivity index (χ3v) is 5.25. The Kier molecular flexibility index (Phi) is 5.29. The van der Waals surface area contributed by atoms with E-state index < -0.39 is 29.4 Å². The number of nitrogens with one attached hydrogen (secondary N) is 1. The van der Waals surface area contributed by atoms with E-state index >= 15 is 0 Å². The van der Waals surface area contributed by atoms with Crippen molar-refractivity contribution in [2.75, 3.05) is 7.11 Å². The van der Waals surface area contributed by atoms with Crippen LogP contribution in [0.1, 0.15) is 33.8 Å². The van der Waals surface area contributed by atoms with Crippen LogP contribution in [0.5, 0.6) is 0 Å². The first kappa shape index (κ1) is 18.4. The van der Waals surface area contributed by atoms with Gasteiger partial charge in [0, 0.05) is 22.8 Å². The van der Waals surface area contributed by atoms with Gasteiger partial charge < -0.3 is 10.1 Å². The Morgan fingerprint density at radius 3 is 2.62 bits per heavy atom. The Balaban J connectivity index is 1.93. The lowest BCUT2D eigenvalue weighted by atomic mass is 10.1. The van der Waals surface area contributed by atoms with Crippen LogP contribution < -0.4 is 5.32 Å². The summed E-state index contributed by atoms with van der Waals surface area (Å²) < 4.78 is 46.4. The van der Waals surface area contributed by atoms with Crippen LogP contribution in [0.2, 0.25) is 0 Å². The number of methoxy groups -OCH3 is 1. The molecule has 136 valence electrons. The minimum atomic E-state index is -0.979. The average Bonchev–Trinajstić information content (AvgIpc) is 2.97. The highest BCUT2D eigenvalue weighted by Crippen LogP contribution is 2.34. The largest absolute Gasteiger partial charge is 0.380 e. The van der Waals surface area contributed by atoms with Crippen LogP contribution in [-0.2, 0) is 11.3 Å². The van der Waals surface area contributed by atoms with E-state index in [1.165, 1.54) is 19.2 Å². The van der Waals surface area contributed by atoms with Gasteiger partial charge in [0.25, 0.3) is 5.91 Å². The number of benzene rings is 2. The van der Waals surface area contributed by atoms with Crippen LogP contribution >= 0.6 is 11.3 Å². The zero-order valence-corrected chi connectivity index (χ0v) is 14.9. The number of carbonyl (C=O) groups excluding carboxylic acids is 1. The van der Waals surface area contributed by atoms with Gasteiger partial charge in [0.1, 0.15) is 5.82 Å². The zero-order chi connectivity index (χ0) is 18.8. The number of rotatable bonds is 5. The first-order valence-corrected chi connectivity index (χ1v) is 8.68. The fourth-order valence-corrected chi connectivity index (χ4v) is 3.89. The topological polar surface area (TPSA) is 38.3 Å². The van der Waals surface area contributed by atoms with Crippen molar-refractivity contribution in [3.8, 4) is 0 Å². The fourth-order valence-electron chi connectivity index (χ4n) is 2.76. The number of hydrogen-bond donors (Lipinski definition) is 1. The molecule has 1 aromatic heterocycles. The number of fused-ring (bicyclic) bond motifs is 1. The van der Waals surface area contributed by atoms with Gasteiger partial charge in [-0.3, -0.25) is 4.79 Å². The molecule has 1 N–H and O–H groups in total. The van der Waals surface area contributed by atoms with Crippen molar-refractivity contribution in [3.05, 3.63) is 69.9 Å². The fraction of sp³-hybridized carbons (Fsp3) is 0.211. The van der Waals surface area contributed by atoms with Gasteiger partial charge in [-0.25, -0.2) is 13.2 Å². The summed E-state index contributed by atoms with van der Waals surface area (Å²) >= 11 is 1.16. The highest BCUT2D eigenvalue weighted by Gasteiger charge is 2.22. The van der Waals surface area contributed by atoms with E-state index in [0.29, 0.717) is 26.1 Å². The van der Waals surface area contributed by atoms with Crippen molar-refractivity contribution < 1.29 is 22.7 Å². The van der Waals surface area contributed by atoms with Crippen LogP contribution in [0, 0.1) is 17.5 Å². The van der Waals surface area contributed by atoms with Crippen LogP contribution in [0.3, 0.4) is 0 Å². The molecular weight excluding hydrogens is 363 g/mol. The smallest absolute Gasteiger partial charge is 0.262 e. The molecule has 3 aromatic rings. The van der Waals surface area contributed by atoms with Crippen LogP contribution in [0.25, 0.3) is 10.1 Å². The molecule has 0 aliphatic carbocycles. The first-order chi connectivity index (χ1) is 12.4. The standard InChI is InChI=1S/C19H16F3NO2S/c1-10(11-6-7-13(20)15(22)8-11)23-19(24)18-12(9-25-2)17-14(21)4-3-5-16(17)26-18/h3-8,10H,9H2,1-2H3,(H,23,24). The van der Waals surface area contributed by atoms with Crippen LogP contribution in [-0.4, -0.2) is 13.0 Å². The highest BCUT2D eigenvalue weighted by molar-refractivity contribution is 7.21. The molecule has 0 saturated heterocycles. The lowest BCUT2D eigenvalue weighted by Crippen LogP contribution is -2.26. The third-order valence-electron chi connectivity index (χ3n) is 4.05. The summed E-state index contributed by atoms with van der Waals surface area (Å²) in [5.41, 5.74) is 0.901. The normalized spacial score (nSPS) is 12.3. The summed E-state index contributed by atoms with van der Waals surface area (Å²) in [5, 5.41) is 3.11. The Bertz CT molecular complexity index is 971. The molecule has 0 fully saturated rings. The molecule has 0 radical (unpaired) electrons. The minimum Gasteiger partial charge on any atom is -0.380 e. The van der Waals surface area contributed by atoms with Crippen molar-refractivity contribution in [3.63, 3.8) is 0 Å². The Labute approximate surface area is 152 Å². The maximum atomic E-state index is 14.2. The molecule has 7 heteroatoms. The van der Waals surface area contributed by atoms with Gasteiger partial charge in [0.2, 0.25) is 0 Å². The summed E-state index contributed by atoms with van der Waals surface area (Å²) in [4.78, 5) is 13.0. The lowest BCUT2D eigenvalue weighted by molar-refractivity contribution is 0.0939. The van der Waals surface area contributed by atoms with Crippen molar-refractivity contribution in [2.45, 2.75) is 19.6 Å². The predicted octanol–water partition coefficient (Wildman–Crippen LogP) is 4.96. The molecular formula is C19H16F3NO2S. The van der Waals surface area contributed by atoms with Gasteiger partial charge in [-0.1, -0.05) is 12.1 Å². The van der Waals surface area contributed by atoms with Gasteiger partial charge >= 0.3 is 0 Å². The summed E-state index contributed by atoms with van der Waals surface area (Å²) in [6.45, 7) is 1.75. The number of ether oxygens (including phenoxy) is 1. The summed E-state index contributed by atoms with van der Waals surface area (Å²) in [6, 6.07) is 7.56. The molecule has 0 aliphatic heterocycles. The van der Waals surface area contributed by atoms with E-state index in [1.807, 2.05) is 0 Å². The van der Waals surface area contributed by atoms with Gasteiger partial charge in [-0.15, -0.1) is 11.3 Å². The second-order valence-corrected chi connectivity index (χ2v) is 6.88. The van der Waals surface area contributed by atoms with Crippen LogP contribution in [0.4, 0.5) is 13.2 Å². The molecule has 0 spiro atoms. The maximum absolute atomic E-state index is 14.2. The number of amides is 1. The SMILES string of the molecule is COCc1c(C(=O)NC(C)c2ccc(F)c(F)c2)sc2cccc(F)c12. The predicted molar refractivity (Wildman–Crippen MR) is 94.7 cm³/mol. The molecule has 1 amide bonds. The second-order valence-electron chi connectivity index (χ2n) is 5.82. The first-order valence-electron chi connectivity index (χ1n) is 7.87. The monoisotopic (exact) mass is 379 g/mol. The van der Waals surface area contributed by atoms with E-state index in [2.05, 4.69) is 5.32 Å². The second kappa shape index (κ2) is 7.47. The van der Waals surface area contributed by atoms with Gasteiger partial charge in [-0.05, 0) is 36.8 Å². The quantitative estimate of drug-likeness (QED) is 0.681. The molecule has 0 saturated carbocycles. The summed E-state index contributed by atoms with van der Waals surface area (Å²) in [6.07, 6.45) is 0. The van der Waals surface area contributed by atoms with Gasteiger partial charge in [-0.2, -0.15) is 0 Å². The molecule has 2 aromatic carbocycles. The lowest BCUT2D eigenvalue weighted by Gasteiger charge is -2.15. The van der Waals surface area contributed by atoms with E-state index in [4.69, 9.17) is 4.74 Å². The van der Waals surface area contributed by atoms with E-state index in [-0.39, 0.29) is 6.61 Å². The van der Waals surface area contributed by atoms with E-state index in [0.717, 1.165) is 23.5 Å². The van der Waals surface area contributed by atoms with Crippen molar-refractivity contribution in [2.24, 2.45) is 0 Å². The molecule has 1 unspecified atom stereocenters. The molecule has 1 atom stereocenters. The molecule has 3 rings (SSSR count). The molecule has 0 bridgehead atoms. The number of halogens is 3. The molecule has 1 heterocycles. The summed E-state index contributed by atoms with van der Waals surface area (Å²) in [7, 11) is 1.47. The number of hydrogen-bond acceptors (Lipinski definition) is 3. The Morgan fingerprint density at radius 1 is 1.15 bits per heavy atom. The Morgan fingerprint density at radius 2 is 1.92 bits per heavy atom. The van der Waals surface area contributed by atoms with Crippen molar-refractivity contribution in [1.29, 1.82) is 0 Å². The zero-order valence-electron chi connectivity index (χ0n) is 14.1. The molecule has 26 heavy (non-hydrogen) atoms. The highest BCUT2D eigenvalue weighted by atomic mass is 32.1. The minimum absolute atomic E-state index is 0.0866. The van der Waals surface area contributed by atoms with E-state index in [1.54, 1.807) is 19.1 Å². The van der Waals surface area contributed by atoms with Crippen LogP contribution in [0.15, 0.2) is 36.4 Å². The van der Waals surface area contributed by atoms with E-state index in [9.17, 15) is 18.0 Å². The average molecular weight is 379 g/mol. The maximum Gasteiger partial charge on any atom is 0.262 e. The van der Waals surface area contributed by atoms with Crippen molar-refractivity contribution in [1.82, 2.24) is 5.32 Å². The molecule has 0 aliphatic rings. The van der Waals surface area contributed by atoms with Crippen molar-refractivity contribution >= 4 is 27.3 Å². The van der Waals surface area contributed by atoms with Gasteiger partial charge in [0.15, 0.2) is 11.6 Å². The number of thiophene rings is 1. The Hall–Kier alpha value is -2.38. The van der Waals surface area contributed by atoms with Gasteiger partial charge in [0.05, 0.1) is 17.5 Å². The summed E-state index contributed by atoms with van der Waals surface area (Å²) in [5.74, 6) is -2.77. The third kappa shape index (κ3) is 3.45. The number of carbonyl (C=O) groups is 1.